The number of carbonyl (C=O) groups is 4. The number of benzene rings is 2. The topological polar surface area (TPSA) is 118 Å². The number of aromatic nitrogens is 1. The van der Waals surface area contributed by atoms with Crippen LogP contribution < -0.4 is 10.4 Å². The van der Waals surface area contributed by atoms with Gasteiger partial charge in [-0.15, -0.1) is 0 Å². The summed E-state index contributed by atoms with van der Waals surface area (Å²) in [7, 11) is 0. The van der Waals surface area contributed by atoms with Crippen molar-refractivity contribution in [1.82, 2.24) is 9.88 Å². The molecular weight excluding hydrogens is 400 g/mol. The summed E-state index contributed by atoms with van der Waals surface area (Å²) < 4.78 is 6.58. The third-order valence-electron chi connectivity index (χ3n) is 4.90. The van der Waals surface area contributed by atoms with E-state index in [0.29, 0.717) is 17.5 Å². The van der Waals surface area contributed by atoms with Gasteiger partial charge in [0.15, 0.2) is 0 Å². The molecule has 4 rings (SSSR count). The molecule has 31 heavy (non-hydrogen) atoms. The number of carboxylic acid groups (broad SMARTS) is 1. The number of amides is 1. The first-order valence-corrected chi connectivity index (χ1v) is 9.49. The molecule has 2 heterocycles. The zero-order valence-electron chi connectivity index (χ0n) is 16.3. The van der Waals surface area contributed by atoms with Crippen molar-refractivity contribution in [2.75, 3.05) is 6.61 Å². The van der Waals surface area contributed by atoms with Crippen LogP contribution >= 0.6 is 0 Å². The molecule has 1 aliphatic rings. The lowest BCUT2D eigenvalue weighted by atomic mass is 10.1. The fraction of sp³-hybridized carbons (Fsp3) is 0.130. The maximum Gasteiger partial charge on any atom is 0.333 e. The maximum atomic E-state index is 12.8. The highest BCUT2D eigenvalue weighted by atomic mass is 16.5. The van der Waals surface area contributed by atoms with E-state index in [1.54, 1.807) is 30.5 Å². The Balaban J connectivity index is 1.59. The molecule has 8 heteroatoms. The Labute approximate surface area is 176 Å². The number of rotatable bonds is 7. The molecule has 1 N–H and O–H groups in total. The fourth-order valence-electron chi connectivity index (χ4n) is 3.46. The minimum Gasteiger partial charge on any atom is -0.550 e. The van der Waals surface area contributed by atoms with E-state index in [2.05, 4.69) is 5.32 Å². The van der Waals surface area contributed by atoms with Gasteiger partial charge in [0.2, 0.25) is 0 Å². The van der Waals surface area contributed by atoms with Gasteiger partial charge in [-0.2, -0.15) is 0 Å². The van der Waals surface area contributed by atoms with Crippen molar-refractivity contribution >= 4 is 34.5 Å². The summed E-state index contributed by atoms with van der Waals surface area (Å²) in [5.41, 5.74) is 2.79. The molecular formula is C23H17N2O6-. The molecule has 3 aromatic rings. The number of nitrogens with one attached hydrogen (secondary N) is 1. The van der Waals surface area contributed by atoms with Gasteiger partial charge in [-0.1, -0.05) is 42.5 Å². The molecule has 1 aliphatic heterocycles. The van der Waals surface area contributed by atoms with E-state index >= 15 is 0 Å². The molecule has 156 valence electrons. The average molecular weight is 417 g/mol. The lowest BCUT2D eigenvalue weighted by Crippen LogP contribution is -2.31. The molecule has 1 amide bonds. The second kappa shape index (κ2) is 8.27. The Morgan fingerprint density at radius 2 is 1.74 bits per heavy atom. The number of hydrogen-bond acceptors (Lipinski definition) is 6. The smallest absolute Gasteiger partial charge is 0.333 e. The van der Waals surface area contributed by atoms with Crippen LogP contribution in [0.25, 0.3) is 10.9 Å². The van der Waals surface area contributed by atoms with Gasteiger partial charge in [0, 0.05) is 42.1 Å². The molecule has 0 atom stereocenters. The van der Waals surface area contributed by atoms with Crippen LogP contribution in [0.4, 0.5) is 0 Å². The van der Waals surface area contributed by atoms with Crippen molar-refractivity contribution in [3.05, 3.63) is 83.2 Å². The summed E-state index contributed by atoms with van der Waals surface area (Å²) in [4.78, 5) is 47.1. The number of aliphatic carboxylic acids is 1. The zero-order valence-corrected chi connectivity index (χ0v) is 16.3. The Bertz CT molecular complexity index is 1240. The molecule has 0 fully saturated rings. The van der Waals surface area contributed by atoms with E-state index in [0.717, 1.165) is 17.2 Å². The highest BCUT2D eigenvalue weighted by Crippen LogP contribution is 2.23. The van der Waals surface area contributed by atoms with Crippen LogP contribution in [0.5, 0.6) is 0 Å². The number of fused-ring (bicyclic) bond motifs is 1. The number of ether oxygens (including phenoxy) is 1. The van der Waals surface area contributed by atoms with Crippen molar-refractivity contribution in [1.29, 1.82) is 0 Å². The largest absolute Gasteiger partial charge is 0.550 e. The zero-order chi connectivity index (χ0) is 22.0. The number of esters is 1. The van der Waals surface area contributed by atoms with E-state index in [4.69, 9.17) is 4.74 Å². The Kier molecular flexibility index (Phi) is 5.36. The maximum absolute atomic E-state index is 12.8. The third kappa shape index (κ3) is 4.37. The highest BCUT2D eigenvalue weighted by Gasteiger charge is 2.24. The first-order chi connectivity index (χ1) is 14.9. The summed E-state index contributed by atoms with van der Waals surface area (Å²) in [6, 6.07) is 14.3. The lowest BCUT2D eigenvalue weighted by molar-refractivity contribution is -0.304. The molecule has 2 aromatic carbocycles. The van der Waals surface area contributed by atoms with Crippen molar-refractivity contribution in [3.8, 4) is 0 Å². The second-order valence-corrected chi connectivity index (χ2v) is 7.11. The predicted molar refractivity (Wildman–Crippen MR) is 108 cm³/mol. The summed E-state index contributed by atoms with van der Waals surface area (Å²) >= 11 is 0. The van der Waals surface area contributed by atoms with Crippen LogP contribution in [-0.4, -0.2) is 34.8 Å². The number of hydrogen-bond donors (Lipinski definition) is 1. The summed E-state index contributed by atoms with van der Waals surface area (Å²) in [6.07, 6.45) is 2.60. The molecule has 0 unspecified atom stereocenters. The molecule has 0 aliphatic carbocycles. The van der Waals surface area contributed by atoms with Gasteiger partial charge < -0.3 is 24.5 Å². The lowest BCUT2D eigenvalue weighted by Gasteiger charge is -2.07. The Morgan fingerprint density at radius 1 is 1.03 bits per heavy atom. The Morgan fingerprint density at radius 3 is 2.42 bits per heavy atom. The summed E-state index contributed by atoms with van der Waals surface area (Å²) in [5, 5.41) is 13.8. The van der Waals surface area contributed by atoms with Gasteiger partial charge >= 0.3 is 5.97 Å². The minimum atomic E-state index is -1.14. The molecule has 0 radical (unpaired) electrons. The number of nitrogens with zero attached hydrogens (tertiary/aromatic N) is 1. The van der Waals surface area contributed by atoms with Crippen molar-refractivity contribution in [3.63, 3.8) is 0 Å². The third-order valence-corrected chi connectivity index (χ3v) is 4.90. The van der Waals surface area contributed by atoms with Crippen LogP contribution in [0.2, 0.25) is 0 Å². The van der Waals surface area contributed by atoms with Crippen molar-refractivity contribution in [2.45, 2.75) is 13.0 Å². The summed E-state index contributed by atoms with van der Waals surface area (Å²) in [6.45, 7) is 0.349. The minimum absolute atomic E-state index is 0.0758. The first kappa shape index (κ1) is 20.1. The predicted octanol–water partition coefficient (Wildman–Crippen LogP) is 0.722. The number of Topliss-reactive ketones (excluding diaryl/α,β-unsaturated/α-hetero) is 1. The SMILES string of the molecule is O=C([O-])Cc1ccc(Cn2cc(C(=O)C(=O)NC3=CC(=O)OC3)c3ccccc32)cc1. The van der Waals surface area contributed by atoms with Crippen molar-refractivity contribution in [2.24, 2.45) is 0 Å². The van der Waals surface area contributed by atoms with Gasteiger partial charge in [0.05, 0.1) is 11.3 Å². The number of ketones is 1. The number of carbonyl (C=O) groups excluding carboxylic acids is 4. The molecule has 8 nitrogen and oxygen atoms in total. The van der Waals surface area contributed by atoms with E-state index < -0.39 is 23.6 Å². The van der Waals surface area contributed by atoms with E-state index in [1.807, 2.05) is 28.8 Å². The standard InChI is InChI=1S/C23H18N2O6/c26-20(27)9-14-5-7-15(8-6-14)11-25-12-18(17-3-1-2-4-19(17)25)22(29)23(30)24-16-10-21(28)31-13-16/h1-8,10,12H,9,11,13H2,(H,24,30)(H,26,27)/p-1. The number of carboxylic acids is 1. The van der Waals surface area contributed by atoms with Crippen LogP contribution in [0, 0.1) is 0 Å². The van der Waals surface area contributed by atoms with Gasteiger partial charge in [-0.3, -0.25) is 9.59 Å². The molecule has 0 saturated heterocycles. The first-order valence-electron chi connectivity index (χ1n) is 9.49. The number of cyclic esters (lactones) is 1. The van der Waals surface area contributed by atoms with Crippen LogP contribution in [0.15, 0.2) is 66.5 Å². The van der Waals surface area contributed by atoms with Gasteiger partial charge in [-0.05, 0) is 17.2 Å². The van der Waals surface area contributed by atoms with E-state index in [-0.39, 0.29) is 24.3 Å². The summed E-state index contributed by atoms with van der Waals surface area (Å²) in [5.74, 6) is -3.28. The number of para-hydroxylation sites is 1. The Hall–Kier alpha value is -4.20. The van der Waals surface area contributed by atoms with Crippen LogP contribution in [0.3, 0.4) is 0 Å². The highest BCUT2D eigenvalue weighted by molar-refractivity contribution is 6.45. The monoisotopic (exact) mass is 417 g/mol. The van der Waals surface area contributed by atoms with E-state index in [9.17, 15) is 24.3 Å². The van der Waals surface area contributed by atoms with Crippen LogP contribution in [-0.2, 0) is 32.1 Å². The molecule has 0 saturated carbocycles. The molecule has 0 bridgehead atoms. The van der Waals surface area contributed by atoms with Gasteiger partial charge in [0.25, 0.3) is 11.7 Å². The van der Waals surface area contributed by atoms with E-state index in [1.165, 1.54) is 0 Å². The molecule has 0 spiro atoms. The average Bonchev–Trinajstić information content (AvgIpc) is 3.32. The van der Waals surface area contributed by atoms with Crippen LogP contribution in [0.1, 0.15) is 21.5 Å². The molecule has 1 aromatic heterocycles. The fourth-order valence-corrected chi connectivity index (χ4v) is 3.46. The quantitative estimate of drug-likeness (QED) is 0.344. The van der Waals surface area contributed by atoms with Gasteiger partial charge in [-0.25, -0.2) is 4.79 Å². The van der Waals surface area contributed by atoms with Gasteiger partial charge in [0.1, 0.15) is 6.61 Å². The second-order valence-electron chi connectivity index (χ2n) is 7.11. The van der Waals surface area contributed by atoms with Crippen molar-refractivity contribution < 1.29 is 29.0 Å². The normalized spacial score (nSPS) is 13.0.